The molecule has 1 fully saturated rings. The van der Waals surface area contributed by atoms with Gasteiger partial charge in [0.2, 0.25) is 0 Å². The van der Waals surface area contributed by atoms with E-state index in [4.69, 9.17) is 16.3 Å². The van der Waals surface area contributed by atoms with Crippen LogP contribution in [0, 0.1) is 0 Å². The molecule has 7 nitrogen and oxygen atoms in total. The van der Waals surface area contributed by atoms with Gasteiger partial charge in [-0.1, -0.05) is 43.0 Å². The number of carbonyl (C=O) groups is 3. The summed E-state index contributed by atoms with van der Waals surface area (Å²) in [7, 11) is 0. The number of benzene rings is 2. The minimum absolute atomic E-state index is 0.0543. The summed E-state index contributed by atoms with van der Waals surface area (Å²) >= 11 is 6.23. The zero-order chi connectivity index (χ0) is 24.9. The topological polar surface area (TPSA) is 87.7 Å². The standard InChI is InChI=1S/C27H30ClN3O4/c1-17(2)35-22-14-12-20(13-15-22)30-25(32)19-10-8-18(9-11-19)16-29-24-23(28)26(33)31(27(24)34)21-6-4-3-5-7-21/h8-15,17,21,29H,3-7,16H2,1-2H3,(H,30,32). The molecular weight excluding hydrogens is 466 g/mol. The molecular formula is C27H30ClN3O4. The van der Waals surface area contributed by atoms with Crippen LogP contribution in [-0.2, 0) is 16.1 Å². The van der Waals surface area contributed by atoms with Crippen molar-refractivity contribution in [1.29, 1.82) is 0 Å². The van der Waals surface area contributed by atoms with Crippen LogP contribution in [0.1, 0.15) is 61.9 Å². The number of halogens is 1. The highest BCUT2D eigenvalue weighted by atomic mass is 35.5. The molecule has 1 heterocycles. The molecule has 3 amide bonds. The highest BCUT2D eigenvalue weighted by Gasteiger charge is 2.41. The van der Waals surface area contributed by atoms with E-state index in [9.17, 15) is 14.4 Å². The Hall–Kier alpha value is -3.32. The number of hydrogen-bond acceptors (Lipinski definition) is 5. The van der Waals surface area contributed by atoms with Crippen molar-refractivity contribution in [1.82, 2.24) is 10.2 Å². The second-order valence-corrected chi connectivity index (χ2v) is 9.53. The number of ether oxygens (including phenoxy) is 1. The van der Waals surface area contributed by atoms with Gasteiger partial charge in [0.25, 0.3) is 17.7 Å². The molecule has 1 aliphatic carbocycles. The van der Waals surface area contributed by atoms with Gasteiger partial charge in [0.15, 0.2) is 0 Å². The van der Waals surface area contributed by atoms with Gasteiger partial charge in [-0.15, -0.1) is 0 Å². The predicted octanol–water partition coefficient (Wildman–Crippen LogP) is 4.97. The molecule has 35 heavy (non-hydrogen) atoms. The van der Waals surface area contributed by atoms with E-state index in [1.165, 1.54) is 4.90 Å². The summed E-state index contributed by atoms with van der Waals surface area (Å²) in [6, 6.07) is 14.2. The van der Waals surface area contributed by atoms with Crippen molar-refractivity contribution < 1.29 is 19.1 Å². The van der Waals surface area contributed by atoms with Crippen molar-refractivity contribution in [2.45, 2.75) is 64.6 Å². The number of anilines is 1. The molecule has 4 rings (SSSR count). The van der Waals surface area contributed by atoms with Gasteiger partial charge in [-0.25, -0.2) is 0 Å². The Kier molecular flexibility index (Phi) is 7.76. The van der Waals surface area contributed by atoms with Crippen LogP contribution >= 0.6 is 11.6 Å². The molecule has 0 atom stereocenters. The summed E-state index contributed by atoms with van der Waals surface area (Å²) in [4.78, 5) is 39.4. The fourth-order valence-electron chi connectivity index (χ4n) is 4.40. The van der Waals surface area contributed by atoms with Crippen LogP contribution < -0.4 is 15.4 Å². The van der Waals surface area contributed by atoms with Crippen molar-refractivity contribution >= 4 is 35.0 Å². The third-order valence-electron chi connectivity index (χ3n) is 6.17. The van der Waals surface area contributed by atoms with Gasteiger partial charge in [0, 0.05) is 23.8 Å². The fraction of sp³-hybridized carbons (Fsp3) is 0.370. The van der Waals surface area contributed by atoms with E-state index in [1.54, 1.807) is 36.4 Å². The molecule has 0 unspecified atom stereocenters. The van der Waals surface area contributed by atoms with Crippen LogP contribution in [0.4, 0.5) is 5.69 Å². The molecule has 2 N–H and O–H groups in total. The first kappa shape index (κ1) is 24.8. The number of rotatable bonds is 8. The fourth-order valence-corrected chi connectivity index (χ4v) is 4.64. The van der Waals surface area contributed by atoms with E-state index in [1.807, 2.05) is 26.0 Å². The maximum Gasteiger partial charge on any atom is 0.278 e. The largest absolute Gasteiger partial charge is 0.491 e. The minimum atomic E-state index is -0.415. The molecule has 184 valence electrons. The summed E-state index contributed by atoms with van der Waals surface area (Å²) in [5, 5.41) is 5.84. The summed E-state index contributed by atoms with van der Waals surface area (Å²) in [6.07, 6.45) is 4.90. The lowest BCUT2D eigenvalue weighted by Crippen LogP contribution is -2.43. The molecule has 0 spiro atoms. The second-order valence-electron chi connectivity index (χ2n) is 9.16. The van der Waals surface area contributed by atoms with Crippen molar-refractivity contribution in [3.63, 3.8) is 0 Å². The quantitative estimate of drug-likeness (QED) is 0.505. The normalized spacial score (nSPS) is 16.7. The third kappa shape index (κ3) is 5.85. The van der Waals surface area contributed by atoms with E-state index in [0.717, 1.165) is 43.4 Å². The van der Waals surface area contributed by atoms with Gasteiger partial charge in [-0.3, -0.25) is 19.3 Å². The number of amides is 3. The zero-order valence-corrected chi connectivity index (χ0v) is 20.7. The first-order valence-electron chi connectivity index (χ1n) is 12.0. The van der Waals surface area contributed by atoms with Gasteiger partial charge in [-0.05, 0) is 68.7 Å². The minimum Gasteiger partial charge on any atom is -0.491 e. The van der Waals surface area contributed by atoms with Crippen LogP contribution in [0.2, 0.25) is 0 Å². The molecule has 2 aliphatic rings. The lowest BCUT2D eigenvalue weighted by molar-refractivity contribution is -0.140. The summed E-state index contributed by atoms with van der Waals surface area (Å²) in [5.41, 5.74) is 2.17. The maximum absolute atomic E-state index is 12.9. The van der Waals surface area contributed by atoms with Crippen LogP contribution in [0.3, 0.4) is 0 Å². The zero-order valence-electron chi connectivity index (χ0n) is 20.0. The summed E-state index contributed by atoms with van der Waals surface area (Å²) < 4.78 is 5.62. The molecule has 8 heteroatoms. The number of hydrogen-bond donors (Lipinski definition) is 2. The van der Waals surface area contributed by atoms with Crippen molar-refractivity contribution in [2.24, 2.45) is 0 Å². The van der Waals surface area contributed by atoms with Gasteiger partial charge in [0.1, 0.15) is 16.5 Å². The van der Waals surface area contributed by atoms with Crippen molar-refractivity contribution in [3.05, 3.63) is 70.4 Å². The monoisotopic (exact) mass is 495 g/mol. The number of imide groups is 1. The van der Waals surface area contributed by atoms with Crippen LogP contribution in [0.15, 0.2) is 59.3 Å². The lowest BCUT2D eigenvalue weighted by atomic mass is 9.94. The molecule has 1 saturated carbocycles. The van der Waals surface area contributed by atoms with Crippen molar-refractivity contribution in [2.75, 3.05) is 5.32 Å². The SMILES string of the molecule is CC(C)Oc1ccc(NC(=O)c2ccc(CNC3=C(Cl)C(=O)N(C4CCCCC4)C3=O)cc2)cc1. The van der Waals surface area contributed by atoms with E-state index >= 15 is 0 Å². The van der Waals surface area contributed by atoms with E-state index in [-0.39, 0.29) is 34.7 Å². The molecule has 0 saturated heterocycles. The van der Waals surface area contributed by atoms with Gasteiger partial charge < -0.3 is 15.4 Å². The highest BCUT2D eigenvalue weighted by molar-refractivity contribution is 6.47. The van der Waals surface area contributed by atoms with E-state index in [0.29, 0.717) is 17.8 Å². The Morgan fingerprint density at radius 2 is 1.66 bits per heavy atom. The van der Waals surface area contributed by atoms with Crippen LogP contribution in [0.5, 0.6) is 5.75 Å². The number of nitrogens with one attached hydrogen (secondary N) is 2. The average molecular weight is 496 g/mol. The lowest BCUT2D eigenvalue weighted by Gasteiger charge is -2.29. The molecule has 1 aliphatic heterocycles. The van der Waals surface area contributed by atoms with Crippen molar-refractivity contribution in [3.8, 4) is 5.75 Å². The molecule has 0 aromatic heterocycles. The first-order valence-corrected chi connectivity index (χ1v) is 12.4. The Bertz CT molecular complexity index is 1120. The molecule has 0 radical (unpaired) electrons. The van der Waals surface area contributed by atoms with Crippen LogP contribution in [0.25, 0.3) is 0 Å². The smallest absolute Gasteiger partial charge is 0.278 e. The molecule has 2 aromatic carbocycles. The Labute approximate surface area is 210 Å². The van der Waals surface area contributed by atoms with Gasteiger partial charge >= 0.3 is 0 Å². The van der Waals surface area contributed by atoms with Gasteiger partial charge in [-0.2, -0.15) is 0 Å². The maximum atomic E-state index is 12.9. The number of nitrogens with zero attached hydrogens (tertiary/aromatic N) is 1. The highest BCUT2D eigenvalue weighted by Crippen LogP contribution is 2.30. The molecule has 2 aromatic rings. The molecule has 0 bridgehead atoms. The Morgan fingerprint density at radius 1 is 1.00 bits per heavy atom. The second kappa shape index (κ2) is 11.0. The van der Waals surface area contributed by atoms with E-state index in [2.05, 4.69) is 10.6 Å². The summed E-state index contributed by atoms with van der Waals surface area (Å²) in [6.45, 7) is 4.22. The predicted molar refractivity (Wildman–Crippen MR) is 135 cm³/mol. The first-order chi connectivity index (χ1) is 16.8. The van der Waals surface area contributed by atoms with Gasteiger partial charge in [0.05, 0.1) is 6.10 Å². The Morgan fingerprint density at radius 3 is 2.29 bits per heavy atom. The average Bonchev–Trinajstić information content (AvgIpc) is 3.07. The number of carbonyl (C=O) groups excluding carboxylic acids is 3. The van der Waals surface area contributed by atoms with Crippen LogP contribution in [-0.4, -0.2) is 34.8 Å². The third-order valence-corrected chi connectivity index (χ3v) is 6.52. The Balaban J connectivity index is 1.33. The summed E-state index contributed by atoms with van der Waals surface area (Å²) in [5.74, 6) is -0.253. The van der Waals surface area contributed by atoms with E-state index < -0.39 is 5.91 Å².